The Labute approximate surface area is 108 Å². The number of ether oxygens (including phenoxy) is 2. The van der Waals surface area contributed by atoms with Crippen molar-refractivity contribution in [3.8, 4) is 0 Å². The zero-order valence-electron chi connectivity index (χ0n) is 10.2. The van der Waals surface area contributed by atoms with Gasteiger partial charge in [-0.25, -0.2) is 4.79 Å². The monoisotopic (exact) mass is 282 g/mol. The van der Waals surface area contributed by atoms with Crippen LogP contribution in [0.2, 0.25) is 0 Å². The summed E-state index contributed by atoms with van der Waals surface area (Å²) in [6.45, 7) is -0.139. The van der Waals surface area contributed by atoms with Crippen LogP contribution in [0.25, 0.3) is 0 Å². The summed E-state index contributed by atoms with van der Waals surface area (Å²) in [6.07, 6.45) is -8.50. The maximum atomic E-state index is 11.6. The van der Waals surface area contributed by atoms with Crippen molar-refractivity contribution < 1.29 is 44.9 Å². The lowest BCUT2D eigenvalue weighted by Gasteiger charge is -2.43. The molecule has 1 unspecified atom stereocenters. The van der Waals surface area contributed by atoms with Gasteiger partial charge in [-0.15, -0.1) is 0 Å². The Hall–Kier alpha value is -0.810. The molecule has 0 aromatic rings. The Morgan fingerprint density at radius 1 is 1.42 bits per heavy atom. The lowest BCUT2D eigenvalue weighted by atomic mass is 9.86. The summed E-state index contributed by atoms with van der Waals surface area (Å²) in [5, 5.41) is 55.7. The van der Waals surface area contributed by atoms with Gasteiger partial charge in [-0.2, -0.15) is 0 Å². The van der Waals surface area contributed by atoms with Gasteiger partial charge in [0, 0.05) is 0 Å². The fourth-order valence-corrected chi connectivity index (χ4v) is 1.62. The standard InChI is InChI=1S/C10H18O9/c1-10(17)6(14)5(13)8(15)19-7(10)9(16)18-3-4(12)2-11/h4-8,11-15,17H,2-3H2,1H3/t4?,5-,6-,7-,8-,10+/m1/s1. The number of carbonyl (C=O) groups excluding carboxylic acids is 1. The van der Waals surface area contributed by atoms with E-state index in [1.54, 1.807) is 0 Å². The van der Waals surface area contributed by atoms with Gasteiger partial charge >= 0.3 is 5.97 Å². The summed E-state index contributed by atoms with van der Waals surface area (Å²) in [7, 11) is 0. The van der Waals surface area contributed by atoms with E-state index in [4.69, 9.17) is 10.2 Å². The van der Waals surface area contributed by atoms with Crippen molar-refractivity contribution in [1.82, 2.24) is 0 Å². The van der Waals surface area contributed by atoms with Crippen molar-refractivity contribution in [3.63, 3.8) is 0 Å². The van der Waals surface area contributed by atoms with Crippen LogP contribution in [0.15, 0.2) is 0 Å². The first-order chi connectivity index (χ1) is 8.71. The van der Waals surface area contributed by atoms with Crippen LogP contribution >= 0.6 is 0 Å². The third-order valence-electron chi connectivity index (χ3n) is 2.86. The molecule has 0 amide bonds. The van der Waals surface area contributed by atoms with Gasteiger partial charge in [-0.05, 0) is 6.92 Å². The summed E-state index contributed by atoms with van der Waals surface area (Å²) in [5.74, 6) is -1.15. The minimum absolute atomic E-state index is 0.542. The highest BCUT2D eigenvalue weighted by Gasteiger charge is 2.55. The Kier molecular flexibility index (Phi) is 5.21. The molecule has 0 bridgehead atoms. The summed E-state index contributed by atoms with van der Waals surface area (Å²) < 4.78 is 9.25. The molecule has 1 fully saturated rings. The highest BCUT2D eigenvalue weighted by atomic mass is 16.7. The van der Waals surface area contributed by atoms with Gasteiger partial charge in [0.1, 0.15) is 30.5 Å². The molecule has 0 spiro atoms. The molecule has 0 aromatic carbocycles. The first kappa shape index (κ1) is 16.2. The van der Waals surface area contributed by atoms with E-state index in [2.05, 4.69) is 9.47 Å². The maximum absolute atomic E-state index is 11.6. The summed E-state index contributed by atoms with van der Waals surface area (Å²) in [5.41, 5.74) is -2.18. The lowest BCUT2D eigenvalue weighted by molar-refractivity contribution is -0.308. The van der Waals surface area contributed by atoms with Gasteiger partial charge in [0.25, 0.3) is 0 Å². The van der Waals surface area contributed by atoms with Crippen molar-refractivity contribution in [2.75, 3.05) is 13.2 Å². The molecule has 0 aromatic heterocycles. The molecule has 0 aliphatic carbocycles. The third kappa shape index (κ3) is 3.39. The molecular formula is C10H18O9. The topological polar surface area (TPSA) is 157 Å². The number of esters is 1. The predicted octanol–water partition coefficient (Wildman–Crippen LogP) is -3.93. The number of aliphatic hydroxyl groups excluding tert-OH is 5. The fraction of sp³-hybridized carbons (Fsp3) is 0.900. The van der Waals surface area contributed by atoms with Crippen molar-refractivity contribution in [1.29, 1.82) is 0 Å². The highest BCUT2D eigenvalue weighted by Crippen LogP contribution is 2.29. The van der Waals surface area contributed by atoms with E-state index in [1.807, 2.05) is 0 Å². The molecule has 6 N–H and O–H groups in total. The largest absolute Gasteiger partial charge is 0.461 e. The Morgan fingerprint density at radius 3 is 2.53 bits per heavy atom. The second-order valence-corrected chi connectivity index (χ2v) is 4.53. The van der Waals surface area contributed by atoms with Gasteiger partial charge in [0.2, 0.25) is 0 Å². The fourth-order valence-electron chi connectivity index (χ4n) is 1.62. The van der Waals surface area contributed by atoms with Crippen LogP contribution in [0.4, 0.5) is 0 Å². The molecule has 0 radical (unpaired) electrons. The second kappa shape index (κ2) is 6.09. The Bertz CT molecular complexity index is 318. The number of rotatable bonds is 4. The van der Waals surface area contributed by atoms with Crippen LogP contribution in [0.1, 0.15) is 6.92 Å². The van der Waals surface area contributed by atoms with Crippen LogP contribution < -0.4 is 0 Å². The van der Waals surface area contributed by atoms with E-state index >= 15 is 0 Å². The van der Waals surface area contributed by atoms with Gasteiger partial charge in [0.15, 0.2) is 12.4 Å². The van der Waals surface area contributed by atoms with Crippen LogP contribution in [0.5, 0.6) is 0 Å². The molecule has 9 heteroatoms. The van der Waals surface area contributed by atoms with Crippen LogP contribution in [-0.4, -0.2) is 86.1 Å². The number of aliphatic hydroxyl groups is 6. The molecule has 6 atom stereocenters. The van der Waals surface area contributed by atoms with E-state index in [-0.39, 0.29) is 0 Å². The average molecular weight is 282 g/mol. The van der Waals surface area contributed by atoms with Crippen LogP contribution in [0.3, 0.4) is 0 Å². The molecule has 1 heterocycles. The van der Waals surface area contributed by atoms with E-state index < -0.39 is 55.5 Å². The lowest BCUT2D eigenvalue weighted by Crippen LogP contribution is -2.66. The number of hydrogen-bond acceptors (Lipinski definition) is 9. The number of hydrogen-bond donors (Lipinski definition) is 6. The summed E-state index contributed by atoms with van der Waals surface area (Å²) in [4.78, 5) is 11.6. The average Bonchev–Trinajstić information content (AvgIpc) is 2.37. The zero-order chi connectivity index (χ0) is 14.8. The SMILES string of the molecule is C[C@@]1(O)[C@@H](C(=O)OCC(O)CO)O[C@@H](O)[C@H](O)[C@H]1O. The van der Waals surface area contributed by atoms with E-state index in [0.29, 0.717) is 0 Å². The smallest absolute Gasteiger partial charge is 0.338 e. The first-order valence-corrected chi connectivity index (χ1v) is 5.59. The molecule has 1 aliphatic heterocycles. The Morgan fingerprint density at radius 2 is 2.00 bits per heavy atom. The Balaban J connectivity index is 2.72. The van der Waals surface area contributed by atoms with Crippen molar-refractivity contribution in [2.45, 2.75) is 43.2 Å². The molecule has 1 aliphatic rings. The van der Waals surface area contributed by atoms with Crippen LogP contribution in [0, 0.1) is 0 Å². The molecule has 19 heavy (non-hydrogen) atoms. The van der Waals surface area contributed by atoms with Gasteiger partial charge in [-0.1, -0.05) is 0 Å². The molecule has 1 saturated heterocycles. The highest BCUT2D eigenvalue weighted by molar-refractivity contribution is 5.76. The minimum atomic E-state index is -2.18. The molecule has 0 saturated carbocycles. The predicted molar refractivity (Wildman–Crippen MR) is 57.6 cm³/mol. The van der Waals surface area contributed by atoms with Crippen molar-refractivity contribution in [2.24, 2.45) is 0 Å². The maximum Gasteiger partial charge on any atom is 0.338 e. The van der Waals surface area contributed by atoms with Gasteiger partial charge in [0.05, 0.1) is 6.61 Å². The van der Waals surface area contributed by atoms with Gasteiger partial charge < -0.3 is 40.1 Å². The summed E-state index contributed by atoms with van der Waals surface area (Å²) >= 11 is 0. The third-order valence-corrected chi connectivity index (χ3v) is 2.86. The molecular weight excluding hydrogens is 264 g/mol. The summed E-state index contributed by atoms with van der Waals surface area (Å²) in [6, 6.07) is 0. The van der Waals surface area contributed by atoms with E-state index in [1.165, 1.54) is 0 Å². The second-order valence-electron chi connectivity index (χ2n) is 4.53. The molecule has 112 valence electrons. The zero-order valence-corrected chi connectivity index (χ0v) is 10.2. The normalized spacial score (nSPS) is 40.8. The van der Waals surface area contributed by atoms with E-state index in [9.17, 15) is 25.2 Å². The van der Waals surface area contributed by atoms with Gasteiger partial charge in [-0.3, -0.25) is 0 Å². The van der Waals surface area contributed by atoms with Crippen molar-refractivity contribution in [3.05, 3.63) is 0 Å². The van der Waals surface area contributed by atoms with Crippen LogP contribution in [-0.2, 0) is 14.3 Å². The molecule has 9 nitrogen and oxygen atoms in total. The minimum Gasteiger partial charge on any atom is -0.461 e. The van der Waals surface area contributed by atoms with E-state index in [0.717, 1.165) is 6.92 Å². The van der Waals surface area contributed by atoms with Crippen molar-refractivity contribution >= 4 is 5.97 Å². The number of carbonyl (C=O) groups is 1. The first-order valence-electron chi connectivity index (χ1n) is 5.59. The molecule has 1 rings (SSSR count). The quantitative estimate of drug-likeness (QED) is 0.283.